The lowest BCUT2D eigenvalue weighted by molar-refractivity contribution is 0.652. The van der Waals surface area contributed by atoms with Crippen LogP contribution in [0.15, 0.2) is 6.07 Å². The molecule has 0 aliphatic rings. The van der Waals surface area contributed by atoms with E-state index in [1.165, 1.54) is 27.8 Å². The van der Waals surface area contributed by atoms with Crippen molar-refractivity contribution in [2.45, 2.75) is 33.7 Å². The van der Waals surface area contributed by atoms with Crippen LogP contribution >= 0.6 is 11.8 Å². The molecule has 0 aromatic heterocycles. The van der Waals surface area contributed by atoms with Crippen LogP contribution in [0.1, 0.15) is 33.9 Å². The topological polar surface area (TPSA) is 12.0 Å². The first-order valence-electron chi connectivity index (χ1n) is 5.76. The second kappa shape index (κ2) is 5.74. The first kappa shape index (κ1) is 13.6. The third-order valence-corrected chi connectivity index (χ3v) is 4.12. The van der Waals surface area contributed by atoms with Gasteiger partial charge >= 0.3 is 0 Å². The largest absolute Gasteiger partial charge is 0.312 e. The fourth-order valence-corrected chi connectivity index (χ4v) is 2.91. The first-order valence-corrected chi connectivity index (χ1v) is 7.15. The summed E-state index contributed by atoms with van der Waals surface area (Å²) < 4.78 is 0. The maximum absolute atomic E-state index is 3.43. The summed E-state index contributed by atoms with van der Waals surface area (Å²) in [6.45, 7) is 8.89. The van der Waals surface area contributed by atoms with Crippen molar-refractivity contribution in [2.24, 2.45) is 0 Å². The van der Waals surface area contributed by atoms with Gasteiger partial charge < -0.3 is 5.32 Å². The van der Waals surface area contributed by atoms with E-state index < -0.39 is 0 Å². The van der Waals surface area contributed by atoms with Crippen LogP contribution in [-0.4, -0.2) is 19.1 Å². The molecule has 16 heavy (non-hydrogen) atoms. The maximum atomic E-state index is 3.43. The van der Waals surface area contributed by atoms with Gasteiger partial charge in [0.15, 0.2) is 0 Å². The number of hydrogen-bond donors (Lipinski definition) is 1. The van der Waals surface area contributed by atoms with E-state index in [1.807, 2.05) is 11.8 Å². The fraction of sp³-hybridized carbons (Fsp3) is 0.571. The molecule has 0 amide bonds. The van der Waals surface area contributed by atoms with E-state index >= 15 is 0 Å². The van der Waals surface area contributed by atoms with Crippen molar-refractivity contribution in [3.8, 4) is 0 Å². The lowest BCUT2D eigenvalue weighted by atomic mass is 9.90. The van der Waals surface area contributed by atoms with Crippen LogP contribution in [0.4, 0.5) is 0 Å². The molecule has 1 aromatic rings. The van der Waals surface area contributed by atoms with Crippen LogP contribution in [0.2, 0.25) is 0 Å². The van der Waals surface area contributed by atoms with Gasteiger partial charge in [0.1, 0.15) is 0 Å². The summed E-state index contributed by atoms with van der Waals surface area (Å²) >= 11 is 1.90. The molecular formula is C14H23NS. The molecule has 0 aliphatic carbocycles. The van der Waals surface area contributed by atoms with Gasteiger partial charge in [0.2, 0.25) is 0 Å². The molecule has 90 valence electrons. The van der Waals surface area contributed by atoms with E-state index in [-0.39, 0.29) is 0 Å². The average molecular weight is 237 g/mol. The van der Waals surface area contributed by atoms with E-state index in [4.69, 9.17) is 0 Å². The highest BCUT2D eigenvalue weighted by Crippen LogP contribution is 2.28. The molecule has 0 spiro atoms. The zero-order valence-corrected chi connectivity index (χ0v) is 12.1. The average Bonchev–Trinajstić information content (AvgIpc) is 2.25. The molecule has 1 rings (SSSR count). The summed E-state index contributed by atoms with van der Waals surface area (Å²) in [5.74, 6) is 1.13. The van der Waals surface area contributed by atoms with Crippen LogP contribution in [-0.2, 0) is 0 Å². The second-order valence-corrected chi connectivity index (χ2v) is 5.38. The zero-order chi connectivity index (χ0) is 12.3. The van der Waals surface area contributed by atoms with Crippen LogP contribution < -0.4 is 5.32 Å². The lowest BCUT2D eigenvalue weighted by Gasteiger charge is -2.23. The van der Waals surface area contributed by atoms with Crippen molar-refractivity contribution in [3.05, 3.63) is 33.9 Å². The fourth-order valence-electron chi connectivity index (χ4n) is 2.25. The molecule has 1 aromatic carbocycles. The summed E-state index contributed by atoms with van der Waals surface area (Å²) in [5, 5.41) is 3.43. The van der Waals surface area contributed by atoms with Gasteiger partial charge in [0.05, 0.1) is 0 Å². The third-order valence-electron chi connectivity index (χ3n) is 3.45. The minimum absolute atomic E-state index is 0.466. The molecule has 0 fully saturated rings. The van der Waals surface area contributed by atoms with Crippen LogP contribution in [0.5, 0.6) is 0 Å². The van der Waals surface area contributed by atoms with E-state index in [0.29, 0.717) is 6.04 Å². The Morgan fingerprint density at radius 3 is 2.00 bits per heavy atom. The summed E-state index contributed by atoms with van der Waals surface area (Å²) in [6.07, 6.45) is 2.16. The standard InChI is InChI=1S/C14H23NS/c1-9-7-10(2)12(4)14(11(9)3)13(15-5)8-16-6/h7,13,15H,8H2,1-6H3. The Bertz CT molecular complexity index is 345. The lowest BCUT2D eigenvalue weighted by Crippen LogP contribution is -2.21. The third kappa shape index (κ3) is 2.61. The van der Waals surface area contributed by atoms with Crippen LogP contribution in [0.25, 0.3) is 0 Å². The van der Waals surface area contributed by atoms with Crippen molar-refractivity contribution in [2.75, 3.05) is 19.1 Å². The number of nitrogens with one attached hydrogen (secondary N) is 1. The van der Waals surface area contributed by atoms with Crippen molar-refractivity contribution < 1.29 is 0 Å². The van der Waals surface area contributed by atoms with Gasteiger partial charge in [-0.1, -0.05) is 6.07 Å². The van der Waals surface area contributed by atoms with Crippen LogP contribution in [0.3, 0.4) is 0 Å². The molecule has 1 nitrogen and oxygen atoms in total. The molecule has 2 heteroatoms. The Hall–Kier alpha value is -0.470. The van der Waals surface area contributed by atoms with Gasteiger partial charge in [-0.05, 0) is 68.8 Å². The van der Waals surface area contributed by atoms with E-state index in [2.05, 4.69) is 52.4 Å². The quantitative estimate of drug-likeness (QED) is 0.859. The Labute approximate surface area is 104 Å². The number of thioether (sulfide) groups is 1. The normalized spacial score (nSPS) is 12.9. The monoisotopic (exact) mass is 237 g/mol. The summed E-state index contributed by atoms with van der Waals surface area (Å²) in [6, 6.07) is 2.76. The Balaban J connectivity index is 3.29. The van der Waals surface area contributed by atoms with E-state index in [1.54, 1.807) is 0 Å². The van der Waals surface area contributed by atoms with Gasteiger partial charge in [0, 0.05) is 11.8 Å². The SMILES string of the molecule is CNC(CSC)c1c(C)c(C)cc(C)c1C. The molecule has 0 aliphatic heterocycles. The summed E-state index contributed by atoms with van der Waals surface area (Å²) in [4.78, 5) is 0. The molecular weight excluding hydrogens is 214 g/mol. The second-order valence-electron chi connectivity index (χ2n) is 4.47. The number of hydrogen-bond acceptors (Lipinski definition) is 2. The number of benzene rings is 1. The minimum Gasteiger partial charge on any atom is -0.312 e. The van der Waals surface area contributed by atoms with Gasteiger partial charge in [0.25, 0.3) is 0 Å². The van der Waals surface area contributed by atoms with Gasteiger partial charge in [-0.25, -0.2) is 0 Å². The molecule has 0 saturated carbocycles. The summed E-state index contributed by atoms with van der Waals surface area (Å²) in [7, 11) is 2.05. The highest BCUT2D eigenvalue weighted by atomic mass is 32.2. The highest BCUT2D eigenvalue weighted by Gasteiger charge is 2.16. The first-order chi connectivity index (χ1) is 7.52. The molecule has 1 atom stereocenters. The zero-order valence-electron chi connectivity index (χ0n) is 11.3. The van der Waals surface area contributed by atoms with E-state index in [0.717, 1.165) is 5.75 Å². The summed E-state index contributed by atoms with van der Waals surface area (Å²) in [5.41, 5.74) is 7.18. The van der Waals surface area contributed by atoms with Crippen molar-refractivity contribution in [3.63, 3.8) is 0 Å². The predicted octanol–water partition coefficient (Wildman–Crippen LogP) is 3.54. The van der Waals surface area contributed by atoms with Crippen molar-refractivity contribution in [1.29, 1.82) is 0 Å². The Kier molecular flexibility index (Phi) is 4.88. The van der Waals surface area contributed by atoms with Crippen LogP contribution in [0, 0.1) is 27.7 Å². The van der Waals surface area contributed by atoms with Crippen molar-refractivity contribution >= 4 is 11.8 Å². The van der Waals surface area contributed by atoms with Gasteiger partial charge in [-0.2, -0.15) is 11.8 Å². The Morgan fingerprint density at radius 2 is 1.62 bits per heavy atom. The minimum atomic E-state index is 0.466. The molecule has 0 heterocycles. The van der Waals surface area contributed by atoms with Gasteiger partial charge in [-0.15, -0.1) is 0 Å². The number of aryl methyl sites for hydroxylation is 2. The number of rotatable bonds is 4. The predicted molar refractivity (Wildman–Crippen MR) is 75.6 cm³/mol. The maximum Gasteiger partial charge on any atom is 0.0414 e. The molecule has 1 N–H and O–H groups in total. The van der Waals surface area contributed by atoms with Crippen molar-refractivity contribution in [1.82, 2.24) is 5.32 Å². The smallest absolute Gasteiger partial charge is 0.0414 e. The van der Waals surface area contributed by atoms with Gasteiger partial charge in [-0.3, -0.25) is 0 Å². The highest BCUT2D eigenvalue weighted by molar-refractivity contribution is 7.98. The molecule has 0 radical (unpaired) electrons. The Morgan fingerprint density at radius 1 is 1.12 bits per heavy atom. The molecule has 0 saturated heterocycles. The molecule has 0 bridgehead atoms. The molecule has 1 unspecified atom stereocenters. The van der Waals surface area contributed by atoms with E-state index in [9.17, 15) is 0 Å².